The van der Waals surface area contributed by atoms with Crippen LogP contribution in [-0.2, 0) is 22.6 Å². The third-order valence-electron chi connectivity index (χ3n) is 5.50. The fourth-order valence-electron chi connectivity index (χ4n) is 3.59. The van der Waals surface area contributed by atoms with Crippen LogP contribution in [0.15, 0.2) is 83.8 Å². The van der Waals surface area contributed by atoms with Crippen molar-refractivity contribution < 1.29 is 14.0 Å². The van der Waals surface area contributed by atoms with Crippen LogP contribution in [0.5, 0.6) is 0 Å². The molecule has 4 nitrogen and oxygen atoms in total. The lowest BCUT2D eigenvalue weighted by Gasteiger charge is -2.31. The van der Waals surface area contributed by atoms with Crippen LogP contribution >= 0.6 is 11.8 Å². The molecule has 0 aliphatic rings. The van der Waals surface area contributed by atoms with E-state index in [1.165, 1.54) is 22.7 Å². The third kappa shape index (κ3) is 7.45. The summed E-state index contributed by atoms with van der Waals surface area (Å²) in [7, 11) is 0. The summed E-state index contributed by atoms with van der Waals surface area (Å²) in [6.07, 6.45) is 1.14. The van der Waals surface area contributed by atoms with Crippen molar-refractivity contribution in [3.63, 3.8) is 0 Å². The Morgan fingerprint density at radius 1 is 0.971 bits per heavy atom. The van der Waals surface area contributed by atoms with Crippen molar-refractivity contribution in [2.75, 3.05) is 12.3 Å². The van der Waals surface area contributed by atoms with E-state index in [9.17, 15) is 14.0 Å². The second-order valence-corrected chi connectivity index (χ2v) is 9.26. The minimum absolute atomic E-state index is 0.0248. The van der Waals surface area contributed by atoms with E-state index in [2.05, 4.69) is 5.32 Å². The van der Waals surface area contributed by atoms with Crippen LogP contribution in [0.4, 0.5) is 4.39 Å². The molecular weight excluding hydrogens is 447 g/mol. The van der Waals surface area contributed by atoms with Crippen molar-refractivity contribution in [2.45, 2.75) is 44.2 Å². The quantitative estimate of drug-likeness (QED) is 0.376. The van der Waals surface area contributed by atoms with Gasteiger partial charge in [0.2, 0.25) is 11.8 Å². The average Bonchev–Trinajstić information content (AvgIpc) is 2.85. The summed E-state index contributed by atoms with van der Waals surface area (Å²) in [4.78, 5) is 29.2. The van der Waals surface area contributed by atoms with E-state index in [1.54, 1.807) is 18.2 Å². The van der Waals surface area contributed by atoms with E-state index >= 15 is 0 Å². The molecule has 0 fully saturated rings. The van der Waals surface area contributed by atoms with Crippen molar-refractivity contribution in [3.8, 4) is 0 Å². The first-order chi connectivity index (χ1) is 16.5. The van der Waals surface area contributed by atoms with Crippen molar-refractivity contribution in [1.29, 1.82) is 0 Å². The lowest BCUT2D eigenvalue weighted by atomic mass is 10.0. The smallest absolute Gasteiger partial charge is 0.243 e. The summed E-state index contributed by atoms with van der Waals surface area (Å²) < 4.78 is 14.6. The predicted molar refractivity (Wildman–Crippen MR) is 136 cm³/mol. The lowest BCUT2D eigenvalue weighted by Crippen LogP contribution is -2.51. The molecule has 0 bridgehead atoms. The number of carbonyl (C=O) groups excluding carboxylic acids is 2. The van der Waals surface area contributed by atoms with E-state index in [4.69, 9.17) is 0 Å². The number of amides is 2. The Bertz CT molecular complexity index is 1070. The molecule has 0 aliphatic carbocycles. The maximum absolute atomic E-state index is 14.6. The van der Waals surface area contributed by atoms with Gasteiger partial charge in [-0.1, -0.05) is 73.2 Å². The number of aryl methyl sites for hydroxylation is 1. The standard InChI is InChI=1S/C28H31FN2O2S/c1-3-17-30-28(33)26(18-22-9-5-4-6-10-22)31(19-23-11-7-8-12-25(23)29)27(32)20-34-24-15-13-21(2)14-16-24/h4-16,26H,3,17-20H2,1-2H3,(H,30,33)/t26-/m0/s1. The summed E-state index contributed by atoms with van der Waals surface area (Å²) in [6, 6.07) is 23.2. The molecule has 178 valence electrons. The molecule has 6 heteroatoms. The van der Waals surface area contributed by atoms with Crippen molar-refractivity contribution in [2.24, 2.45) is 0 Å². The van der Waals surface area contributed by atoms with E-state index in [1.807, 2.05) is 68.4 Å². The molecular formula is C28H31FN2O2S. The molecule has 3 aromatic carbocycles. The van der Waals surface area contributed by atoms with Gasteiger partial charge in [-0.15, -0.1) is 11.8 Å². The fraction of sp³-hybridized carbons (Fsp3) is 0.286. The van der Waals surface area contributed by atoms with Gasteiger partial charge < -0.3 is 10.2 Å². The van der Waals surface area contributed by atoms with Crippen LogP contribution < -0.4 is 5.32 Å². The highest BCUT2D eigenvalue weighted by Gasteiger charge is 2.30. The highest BCUT2D eigenvalue weighted by Crippen LogP contribution is 2.22. The molecule has 1 N–H and O–H groups in total. The largest absolute Gasteiger partial charge is 0.354 e. The molecule has 0 saturated heterocycles. The van der Waals surface area contributed by atoms with Gasteiger partial charge in [0.25, 0.3) is 0 Å². The number of hydrogen-bond acceptors (Lipinski definition) is 3. The first-order valence-corrected chi connectivity index (χ1v) is 12.5. The Labute approximate surface area is 205 Å². The Balaban J connectivity index is 1.89. The Morgan fingerprint density at radius 2 is 1.65 bits per heavy atom. The van der Waals surface area contributed by atoms with Gasteiger partial charge in [0, 0.05) is 30.0 Å². The molecule has 34 heavy (non-hydrogen) atoms. The van der Waals surface area contributed by atoms with Gasteiger partial charge >= 0.3 is 0 Å². The number of nitrogens with zero attached hydrogens (tertiary/aromatic N) is 1. The molecule has 0 spiro atoms. The van der Waals surface area contributed by atoms with Crippen LogP contribution in [-0.4, -0.2) is 35.1 Å². The molecule has 1 atom stereocenters. The van der Waals surface area contributed by atoms with E-state index in [-0.39, 0.29) is 29.9 Å². The second-order valence-electron chi connectivity index (χ2n) is 8.21. The molecule has 0 saturated carbocycles. The van der Waals surface area contributed by atoms with Gasteiger partial charge in [0.15, 0.2) is 0 Å². The summed E-state index contributed by atoms with van der Waals surface area (Å²) >= 11 is 1.42. The third-order valence-corrected chi connectivity index (χ3v) is 6.50. The van der Waals surface area contributed by atoms with E-state index in [0.717, 1.165) is 22.4 Å². The normalized spacial score (nSPS) is 11.6. The number of halogens is 1. The molecule has 3 aromatic rings. The van der Waals surface area contributed by atoms with Crippen LogP contribution in [0.1, 0.15) is 30.0 Å². The summed E-state index contributed by atoms with van der Waals surface area (Å²) in [5.41, 5.74) is 2.47. The van der Waals surface area contributed by atoms with Crippen molar-refractivity contribution in [1.82, 2.24) is 10.2 Å². The number of thioether (sulfide) groups is 1. The van der Waals surface area contributed by atoms with Crippen molar-refractivity contribution in [3.05, 3.63) is 101 Å². The summed E-state index contributed by atoms with van der Waals surface area (Å²) in [5, 5.41) is 2.94. The number of hydrogen-bond donors (Lipinski definition) is 1. The van der Waals surface area contributed by atoms with E-state index in [0.29, 0.717) is 18.5 Å². The zero-order chi connectivity index (χ0) is 24.3. The number of benzene rings is 3. The van der Waals surface area contributed by atoms with Crippen molar-refractivity contribution >= 4 is 23.6 Å². The molecule has 0 heterocycles. The Morgan fingerprint density at radius 3 is 2.32 bits per heavy atom. The van der Waals surface area contributed by atoms with Gasteiger partial charge in [0.05, 0.1) is 5.75 Å². The first-order valence-electron chi connectivity index (χ1n) is 11.5. The Kier molecular flexibility index (Phi) is 9.71. The second kappa shape index (κ2) is 12.9. The minimum atomic E-state index is -0.750. The minimum Gasteiger partial charge on any atom is -0.354 e. The summed E-state index contributed by atoms with van der Waals surface area (Å²) in [6.45, 7) is 4.53. The van der Waals surface area contributed by atoms with Gasteiger partial charge in [-0.2, -0.15) is 0 Å². The fourth-order valence-corrected chi connectivity index (χ4v) is 4.38. The average molecular weight is 479 g/mol. The lowest BCUT2D eigenvalue weighted by molar-refractivity contribution is -0.139. The Hall–Kier alpha value is -3.12. The highest BCUT2D eigenvalue weighted by molar-refractivity contribution is 8.00. The maximum atomic E-state index is 14.6. The van der Waals surface area contributed by atoms with E-state index < -0.39 is 6.04 Å². The topological polar surface area (TPSA) is 49.4 Å². The van der Waals surface area contributed by atoms with Gasteiger partial charge in [0.1, 0.15) is 11.9 Å². The molecule has 0 radical (unpaired) electrons. The molecule has 0 aliphatic heterocycles. The zero-order valence-electron chi connectivity index (χ0n) is 19.7. The van der Waals surface area contributed by atoms with Crippen LogP contribution in [0.3, 0.4) is 0 Å². The zero-order valence-corrected chi connectivity index (χ0v) is 20.5. The monoisotopic (exact) mass is 478 g/mol. The molecule has 3 rings (SSSR count). The van der Waals surface area contributed by atoms with Gasteiger partial charge in [-0.25, -0.2) is 4.39 Å². The molecule has 0 aromatic heterocycles. The summed E-state index contributed by atoms with van der Waals surface area (Å²) in [5.74, 6) is -0.666. The SMILES string of the molecule is CCCNC(=O)[C@H](Cc1ccccc1)N(Cc1ccccc1F)C(=O)CSc1ccc(C)cc1. The highest BCUT2D eigenvalue weighted by atomic mass is 32.2. The number of nitrogens with one attached hydrogen (secondary N) is 1. The molecule has 2 amide bonds. The van der Waals surface area contributed by atoms with Crippen LogP contribution in [0, 0.1) is 12.7 Å². The molecule has 0 unspecified atom stereocenters. The first kappa shape index (κ1) is 25.5. The van der Waals surface area contributed by atoms with Gasteiger partial charge in [-0.05, 0) is 37.1 Å². The predicted octanol–water partition coefficient (Wildman–Crippen LogP) is 5.39. The maximum Gasteiger partial charge on any atom is 0.243 e. The van der Waals surface area contributed by atoms with Crippen LogP contribution in [0.25, 0.3) is 0 Å². The number of rotatable bonds is 11. The number of carbonyl (C=O) groups is 2. The van der Waals surface area contributed by atoms with Crippen LogP contribution in [0.2, 0.25) is 0 Å². The van der Waals surface area contributed by atoms with Gasteiger partial charge in [-0.3, -0.25) is 9.59 Å².